The second kappa shape index (κ2) is 2.95. The Morgan fingerprint density at radius 1 is 1.14 bits per heavy atom. The lowest BCUT2D eigenvalue weighted by molar-refractivity contribution is 0.631. The monoisotopic (exact) mass is 265 g/mol. The first-order valence-electron chi connectivity index (χ1n) is 3.43. The summed E-state index contributed by atoms with van der Waals surface area (Å²) >= 11 is 0. The van der Waals surface area contributed by atoms with E-state index in [-0.39, 0.29) is 0 Å². The Hall–Kier alpha value is -0.0900. The molecule has 0 amide bonds. The molecule has 2 N–H and O–H groups in total. The number of halogens is 2. The van der Waals surface area contributed by atoms with Crippen molar-refractivity contribution < 1.29 is 16.2 Å². The Bertz CT molecular complexity index is 530. The number of nitrogens with one attached hydrogen (secondary N) is 2. The molecule has 7 nitrogen and oxygen atoms in total. The zero-order chi connectivity index (χ0) is 10.4. The van der Waals surface area contributed by atoms with Gasteiger partial charge >= 0.3 is 20.6 Å². The average molecular weight is 265 g/mol. The summed E-state index contributed by atoms with van der Waals surface area (Å²) in [4.78, 5) is 0. The van der Waals surface area contributed by atoms with Crippen LogP contribution in [-0.4, -0.2) is 21.5 Å². The van der Waals surface area contributed by atoms with E-state index < -0.39 is 28.1 Å². The highest BCUT2D eigenvalue weighted by atomic mass is 32.3. The van der Waals surface area contributed by atoms with Gasteiger partial charge in [-0.15, -0.1) is 16.1 Å². The Morgan fingerprint density at radius 2 is 1.71 bits per heavy atom. The van der Waals surface area contributed by atoms with E-state index >= 15 is 0 Å². The third kappa shape index (κ3) is 1.96. The molecule has 0 aromatic rings. The van der Waals surface area contributed by atoms with Crippen LogP contribution in [0.5, 0.6) is 0 Å². The molecule has 2 aliphatic heterocycles. The Morgan fingerprint density at radius 3 is 2.21 bits per heavy atom. The molecule has 12 heteroatoms. The van der Waals surface area contributed by atoms with Crippen LogP contribution in [0.4, 0.5) is 7.77 Å². The third-order valence-electron chi connectivity index (χ3n) is 1.41. The molecule has 0 aromatic carbocycles. The van der Waals surface area contributed by atoms with Gasteiger partial charge < -0.3 is 0 Å². The van der Waals surface area contributed by atoms with Gasteiger partial charge in [-0.05, 0) is 0 Å². The van der Waals surface area contributed by atoms with E-state index in [1.165, 1.54) is 0 Å². The van der Waals surface area contributed by atoms with Crippen LogP contribution in [0.2, 0.25) is 0 Å². The summed E-state index contributed by atoms with van der Waals surface area (Å²) in [5, 5.41) is 5.10. The highest BCUT2D eigenvalue weighted by molar-refractivity contribution is 8.04. The van der Waals surface area contributed by atoms with Crippen molar-refractivity contribution in [2.75, 3.05) is 13.1 Å². The van der Waals surface area contributed by atoms with Gasteiger partial charge in [0.1, 0.15) is 0 Å². The van der Waals surface area contributed by atoms with Crippen molar-refractivity contribution in [1.29, 1.82) is 0 Å². The molecular formula is C2H6F2N5O2PS2. The second-order valence-corrected chi connectivity index (χ2v) is 7.98. The topological polar surface area (TPSA) is 95.3 Å². The van der Waals surface area contributed by atoms with Crippen LogP contribution in [-0.2, 0) is 20.6 Å². The van der Waals surface area contributed by atoms with Crippen molar-refractivity contribution in [3.63, 3.8) is 0 Å². The van der Waals surface area contributed by atoms with Crippen molar-refractivity contribution in [1.82, 2.24) is 10.2 Å². The standard InChI is InChI=1S/C2H6F2N5O2PS2/c3-13(10)7-12(5-1-2-6-12)8-14(4,11)9-13/h5-6H,1-2H2/t13-,14+. The SMILES string of the molecule is O=[S@@]1(F)=N[S@](=O)(F)=NP2(=N1)NCCN2. The second-order valence-electron chi connectivity index (χ2n) is 2.52. The number of nitrogens with zero attached hydrogens (tertiary/aromatic N) is 3. The summed E-state index contributed by atoms with van der Waals surface area (Å²) in [6.07, 6.45) is 0. The summed E-state index contributed by atoms with van der Waals surface area (Å²) in [6, 6.07) is 0. The minimum absolute atomic E-state index is 0.367. The van der Waals surface area contributed by atoms with Crippen molar-refractivity contribution >= 4 is 28.1 Å². The molecule has 2 heterocycles. The van der Waals surface area contributed by atoms with Gasteiger partial charge in [-0.1, -0.05) is 3.77 Å². The molecule has 2 atom stereocenters. The predicted octanol–water partition coefficient (Wildman–Crippen LogP) is 0.674. The zero-order valence-corrected chi connectivity index (χ0v) is 9.12. The molecule has 0 aliphatic carbocycles. The van der Waals surface area contributed by atoms with Crippen LogP contribution in [0.3, 0.4) is 0 Å². The van der Waals surface area contributed by atoms with Crippen LogP contribution >= 0.6 is 7.51 Å². The zero-order valence-electron chi connectivity index (χ0n) is 6.59. The Balaban J connectivity index is 2.75. The molecule has 0 bridgehead atoms. The fourth-order valence-corrected chi connectivity index (χ4v) is 7.33. The maximum atomic E-state index is 12.9. The fourth-order valence-electron chi connectivity index (χ4n) is 1.04. The van der Waals surface area contributed by atoms with E-state index in [1.807, 2.05) is 0 Å². The van der Waals surface area contributed by atoms with Gasteiger partial charge in [0.2, 0.25) is 7.51 Å². The molecule has 0 saturated carbocycles. The smallest absolute Gasteiger partial charge is 0.251 e. The van der Waals surface area contributed by atoms with Gasteiger partial charge in [0, 0.05) is 13.1 Å². The molecule has 2 aliphatic rings. The van der Waals surface area contributed by atoms with Crippen LogP contribution < -0.4 is 10.2 Å². The minimum Gasteiger partial charge on any atom is -0.251 e. The Kier molecular flexibility index (Phi) is 2.20. The maximum absolute atomic E-state index is 12.9. The lowest BCUT2D eigenvalue weighted by Gasteiger charge is -2.14. The van der Waals surface area contributed by atoms with Gasteiger partial charge in [0.05, 0.1) is 0 Å². The highest BCUT2D eigenvalue weighted by Gasteiger charge is 2.33. The van der Waals surface area contributed by atoms with E-state index in [2.05, 4.69) is 22.2 Å². The molecule has 0 unspecified atom stereocenters. The lowest BCUT2D eigenvalue weighted by Crippen LogP contribution is -2.10. The van der Waals surface area contributed by atoms with Crippen molar-refractivity contribution in [3.05, 3.63) is 0 Å². The van der Waals surface area contributed by atoms with Crippen molar-refractivity contribution in [3.8, 4) is 0 Å². The van der Waals surface area contributed by atoms with E-state index in [4.69, 9.17) is 0 Å². The minimum atomic E-state index is -4.60. The van der Waals surface area contributed by atoms with E-state index in [9.17, 15) is 16.2 Å². The first kappa shape index (κ1) is 10.4. The molecule has 1 saturated heterocycles. The van der Waals surface area contributed by atoms with Gasteiger partial charge in [-0.2, -0.15) is 8.42 Å². The number of hydrogen-bond acceptors (Lipinski definition) is 5. The largest absolute Gasteiger partial charge is 0.330 e. The third-order valence-corrected chi connectivity index (χ3v) is 7.71. The summed E-state index contributed by atoms with van der Waals surface area (Å²) in [6.45, 7) is 0.734. The molecule has 0 aromatic heterocycles. The van der Waals surface area contributed by atoms with Crippen LogP contribution in [0, 0.1) is 0 Å². The van der Waals surface area contributed by atoms with E-state index in [0.29, 0.717) is 13.1 Å². The van der Waals surface area contributed by atoms with Gasteiger partial charge in [-0.25, -0.2) is 0 Å². The summed E-state index contributed by atoms with van der Waals surface area (Å²) in [5.41, 5.74) is 0. The number of rotatable bonds is 0. The first-order valence-corrected chi connectivity index (χ1v) is 7.87. The van der Waals surface area contributed by atoms with Crippen LogP contribution in [0.15, 0.2) is 12.1 Å². The van der Waals surface area contributed by atoms with Gasteiger partial charge in [0.15, 0.2) is 0 Å². The summed E-state index contributed by atoms with van der Waals surface area (Å²) < 4.78 is 56.1. The predicted molar refractivity (Wildman–Crippen MR) is 48.7 cm³/mol. The number of hydrogen-bond donors (Lipinski definition) is 2. The molecule has 82 valence electrons. The lowest BCUT2D eigenvalue weighted by atomic mass is 10.7. The van der Waals surface area contributed by atoms with E-state index in [0.717, 1.165) is 0 Å². The van der Waals surface area contributed by atoms with Crippen LogP contribution in [0.25, 0.3) is 0 Å². The van der Waals surface area contributed by atoms with Crippen molar-refractivity contribution in [2.24, 2.45) is 12.1 Å². The first-order chi connectivity index (χ1) is 6.33. The quantitative estimate of drug-likeness (QED) is 0.497. The maximum Gasteiger partial charge on any atom is 0.330 e. The van der Waals surface area contributed by atoms with Crippen molar-refractivity contribution in [2.45, 2.75) is 0 Å². The van der Waals surface area contributed by atoms with Gasteiger partial charge in [0.25, 0.3) is 0 Å². The van der Waals surface area contributed by atoms with Gasteiger partial charge in [-0.3, -0.25) is 10.2 Å². The average Bonchev–Trinajstić information content (AvgIpc) is 2.27. The van der Waals surface area contributed by atoms with Crippen LogP contribution in [0.1, 0.15) is 0 Å². The normalized spacial score (nSPS) is 45.3. The summed E-state index contributed by atoms with van der Waals surface area (Å²) in [7, 11) is -12.3. The molecule has 1 spiro atoms. The molecular weight excluding hydrogens is 259 g/mol. The molecule has 14 heavy (non-hydrogen) atoms. The fraction of sp³-hybridized carbons (Fsp3) is 1.00. The van der Waals surface area contributed by atoms with E-state index in [1.54, 1.807) is 0 Å². The summed E-state index contributed by atoms with van der Waals surface area (Å²) in [5.74, 6) is 0. The molecule has 1 fully saturated rings. The molecule has 2 rings (SSSR count). The Labute approximate surface area is 80.1 Å². The molecule has 0 radical (unpaired) electrons. The highest BCUT2D eigenvalue weighted by Crippen LogP contribution is 2.50.